The molecule has 1 aliphatic heterocycles. The number of aliphatic hydroxyl groups excluding tert-OH is 1. The molecule has 8 nitrogen and oxygen atoms in total. The molecule has 1 fully saturated rings. The highest BCUT2D eigenvalue weighted by Gasteiger charge is 2.24. The Labute approximate surface area is 129 Å². The van der Waals surface area contributed by atoms with Gasteiger partial charge in [0.1, 0.15) is 0 Å². The van der Waals surface area contributed by atoms with Crippen molar-refractivity contribution in [3.05, 3.63) is 28.3 Å². The molecule has 2 rings (SSSR count). The second kappa shape index (κ2) is 6.59. The number of aliphatic hydroxyl groups is 1. The van der Waals surface area contributed by atoms with Gasteiger partial charge in [0.2, 0.25) is 0 Å². The lowest BCUT2D eigenvalue weighted by molar-refractivity contribution is -0.385. The summed E-state index contributed by atoms with van der Waals surface area (Å²) in [6.07, 6.45) is 1.05. The minimum Gasteiger partial charge on any atom is -0.395 e. The summed E-state index contributed by atoms with van der Waals surface area (Å²) in [5.41, 5.74) is 0.264. The lowest BCUT2D eigenvalue weighted by Gasteiger charge is -2.36. The molecule has 122 valence electrons. The first kappa shape index (κ1) is 16.7. The van der Waals surface area contributed by atoms with Gasteiger partial charge in [-0.05, 0) is 6.07 Å². The van der Waals surface area contributed by atoms with Crippen LogP contribution < -0.4 is 4.90 Å². The summed E-state index contributed by atoms with van der Waals surface area (Å²) in [4.78, 5) is 14.2. The van der Waals surface area contributed by atoms with Gasteiger partial charge in [-0.25, -0.2) is 8.42 Å². The number of rotatable bonds is 5. The van der Waals surface area contributed by atoms with Crippen LogP contribution in [0, 0.1) is 10.1 Å². The minimum atomic E-state index is -3.56. The number of piperazine rings is 1. The zero-order valence-electron chi connectivity index (χ0n) is 12.3. The Morgan fingerprint density at radius 1 is 1.27 bits per heavy atom. The van der Waals surface area contributed by atoms with Crippen molar-refractivity contribution in [3.8, 4) is 0 Å². The van der Waals surface area contributed by atoms with Gasteiger partial charge in [-0.2, -0.15) is 0 Å². The molecule has 0 saturated carbocycles. The zero-order chi connectivity index (χ0) is 16.3. The smallest absolute Gasteiger partial charge is 0.270 e. The third-order valence-corrected chi connectivity index (χ3v) is 4.81. The maximum atomic E-state index is 11.9. The van der Waals surface area contributed by atoms with E-state index in [1.54, 1.807) is 0 Å². The number of nitrogens with zero attached hydrogens (tertiary/aromatic N) is 3. The predicted octanol–water partition coefficient (Wildman–Crippen LogP) is 0.113. The Bertz CT molecular complexity index is 654. The van der Waals surface area contributed by atoms with Crippen LogP contribution in [0.15, 0.2) is 23.1 Å². The molecule has 0 aliphatic carbocycles. The van der Waals surface area contributed by atoms with Gasteiger partial charge in [0, 0.05) is 51.1 Å². The highest BCUT2D eigenvalue weighted by molar-refractivity contribution is 7.90. The third-order valence-electron chi connectivity index (χ3n) is 3.68. The van der Waals surface area contributed by atoms with Gasteiger partial charge in [0.25, 0.3) is 5.69 Å². The number of hydrogen-bond donors (Lipinski definition) is 1. The van der Waals surface area contributed by atoms with Crippen molar-refractivity contribution < 1.29 is 18.4 Å². The lowest BCUT2D eigenvalue weighted by Crippen LogP contribution is -2.47. The molecule has 1 heterocycles. The molecule has 1 aromatic rings. The van der Waals surface area contributed by atoms with Gasteiger partial charge in [0.15, 0.2) is 9.84 Å². The van der Waals surface area contributed by atoms with E-state index in [9.17, 15) is 18.5 Å². The molecule has 0 radical (unpaired) electrons. The lowest BCUT2D eigenvalue weighted by atomic mass is 10.2. The van der Waals surface area contributed by atoms with E-state index in [0.717, 1.165) is 12.3 Å². The van der Waals surface area contributed by atoms with E-state index < -0.39 is 14.8 Å². The van der Waals surface area contributed by atoms with Crippen molar-refractivity contribution in [2.24, 2.45) is 0 Å². The Morgan fingerprint density at radius 2 is 1.91 bits per heavy atom. The van der Waals surface area contributed by atoms with E-state index in [1.807, 2.05) is 4.90 Å². The van der Waals surface area contributed by atoms with Crippen LogP contribution in [0.5, 0.6) is 0 Å². The topological polar surface area (TPSA) is 104 Å². The standard InChI is InChI=1S/C13H19N3O5S/c1-22(20,21)13-10-11(16(18)19)2-3-12(13)15-6-4-14(5-7-15)8-9-17/h2-3,10,17H,4-9H2,1H3. The van der Waals surface area contributed by atoms with Crippen LogP contribution in [-0.2, 0) is 9.84 Å². The number of hydrogen-bond acceptors (Lipinski definition) is 7. The highest BCUT2D eigenvalue weighted by atomic mass is 32.2. The average molecular weight is 329 g/mol. The van der Waals surface area contributed by atoms with E-state index in [2.05, 4.69) is 4.90 Å². The first-order valence-corrected chi connectivity index (χ1v) is 8.78. The number of nitro groups is 1. The van der Waals surface area contributed by atoms with Crippen LogP contribution in [0.4, 0.5) is 11.4 Å². The van der Waals surface area contributed by atoms with Gasteiger partial charge in [-0.1, -0.05) is 0 Å². The Morgan fingerprint density at radius 3 is 2.41 bits per heavy atom. The van der Waals surface area contributed by atoms with Gasteiger partial charge >= 0.3 is 0 Å². The number of β-amino-alcohol motifs (C(OH)–C–C–N with tert-alkyl or cyclic N) is 1. The summed E-state index contributed by atoms with van der Waals surface area (Å²) in [6, 6.07) is 3.94. The second-order valence-electron chi connectivity index (χ2n) is 5.23. The number of anilines is 1. The van der Waals surface area contributed by atoms with Crippen molar-refractivity contribution >= 4 is 21.2 Å². The van der Waals surface area contributed by atoms with Gasteiger partial charge in [0.05, 0.1) is 22.1 Å². The minimum absolute atomic E-state index is 0.0164. The fourth-order valence-corrected chi connectivity index (χ4v) is 3.44. The molecular weight excluding hydrogens is 310 g/mol. The van der Waals surface area contributed by atoms with Gasteiger partial charge in [-0.15, -0.1) is 0 Å². The summed E-state index contributed by atoms with van der Waals surface area (Å²) < 4.78 is 23.9. The number of sulfone groups is 1. The molecule has 22 heavy (non-hydrogen) atoms. The second-order valence-corrected chi connectivity index (χ2v) is 7.22. The van der Waals surface area contributed by atoms with E-state index in [0.29, 0.717) is 38.4 Å². The summed E-state index contributed by atoms with van der Waals surface area (Å²) in [7, 11) is -3.56. The average Bonchev–Trinajstić information content (AvgIpc) is 2.47. The number of non-ortho nitro benzene ring substituents is 1. The van der Waals surface area contributed by atoms with Crippen molar-refractivity contribution in [3.63, 3.8) is 0 Å². The van der Waals surface area contributed by atoms with Crippen LogP contribution in [0.1, 0.15) is 0 Å². The predicted molar refractivity (Wildman–Crippen MR) is 81.9 cm³/mol. The van der Waals surface area contributed by atoms with E-state index in [1.165, 1.54) is 12.1 Å². The van der Waals surface area contributed by atoms with Crippen LogP contribution in [0.3, 0.4) is 0 Å². The van der Waals surface area contributed by atoms with Gasteiger partial charge < -0.3 is 10.0 Å². The maximum absolute atomic E-state index is 11.9. The molecule has 0 spiro atoms. The normalized spacial score (nSPS) is 16.7. The highest BCUT2D eigenvalue weighted by Crippen LogP contribution is 2.30. The molecule has 1 aliphatic rings. The largest absolute Gasteiger partial charge is 0.395 e. The molecular formula is C13H19N3O5S. The molecule has 0 amide bonds. The van der Waals surface area contributed by atoms with E-state index in [-0.39, 0.29) is 17.2 Å². The Balaban J connectivity index is 2.30. The van der Waals surface area contributed by atoms with Crippen LogP contribution in [-0.4, -0.2) is 68.9 Å². The maximum Gasteiger partial charge on any atom is 0.270 e. The molecule has 0 aromatic heterocycles. The first-order chi connectivity index (χ1) is 10.3. The summed E-state index contributed by atoms with van der Waals surface area (Å²) in [6.45, 7) is 3.32. The van der Waals surface area contributed by atoms with Crippen molar-refractivity contribution in [2.45, 2.75) is 4.90 Å². The summed E-state index contributed by atoms with van der Waals surface area (Å²) in [5.74, 6) is 0. The molecule has 0 atom stereocenters. The van der Waals surface area contributed by atoms with Crippen molar-refractivity contribution in [1.82, 2.24) is 4.90 Å². The van der Waals surface area contributed by atoms with Crippen LogP contribution in [0.2, 0.25) is 0 Å². The van der Waals surface area contributed by atoms with Crippen LogP contribution >= 0.6 is 0 Å². The summed E-state index contributed by atoms with van der Waals surface area (Å²) >= 11 is 0. The Kier molecular flexibility index (Phi) is 4.99. The first-order valence-electron chi connectivity index (χ1n) is 6.89. The van der Waals surface area contributed by atoms with Crippen molar-refractivity contribution in [2.75, 3.05) is 50.5 Å². The number of benzene rings is 1. The molecule has 1 saturated heterocycles. The molecule has 1 aromatic carbocycles. The molecule has 0 unspecified atom stereocenters. The zero-order valence-corrected chi connectivity index (χ0v) is 13.1. The number of nitro benzene ring substituents is 1. The SMILES string of the molecule is CS(=O)(=O)c1cc([N+](=O)[O-])ccc1N1CCN(CCO)CC1. The molecule has 9 heteroatoms. The Hall–Kier alpha value is -1.71. The monoisotopic (exact) mass is 329 g/mol. The molecule has 1 N–H and O–H groups in total. The third kappa shape index (κ3) is 3.73. The van der Waals surface area contributed by atoms with E-state index >= 15 is 0 Å². The van der Waals surface area contributed by atoms with Gasteiger partial charge in [-0.3, -0.25) is 15.0 Å². The van der Waals surface area contributed by atoms with Crippen molar-refractivity contribution in [1.29, 1.82) is 0 Å². The fraction of sp³-hybridized carbons (Fsp3) is 0.538. The summed E-state index contributed by atoms with van der Waals surface area (Å²) in [5, 5.41) is 19.8. The van der Waals surface area contributed by atoms with E-state index in [4.69, 9.17) is 5.11 Å². The molecule has 0 bridgehead atoms. The quantitative estimate of drug-likeness (QED) is 0.604. The fourth-order valence-electron chi connectivity index (χ4n) is 2.53. The van der Waals surface area contributed by atoms with Crippen LogP contribution in [0.25, 0.3) is 0 Å².